The smallest absolute Gasteiger partial charge is 0.389 e. The highest BCUT2D eigenvalue weighted by Gasteiger charge is 2.66. The highest BCUT2D eigenvalue weighted by Crippen LogP contribution is 2.71. The summed E-state index contributed by atoms with van der Waals surface area (Å²) in [6.45, 7) is 3.90. The summed E-state index contributed by atoms with van der Waals surface area (Å²) in [7, 11) is -2.54. The molecule has 3 amide bonds. The zero-order valence-corrected chi connectivity index (χ0v) is 36.8. The minimum absolute atomic E-state index is 0.0179. The Labute approximate surface area is 363 Å². The number of hydrogen-bond acceptors (Lipinski definition) is 10. The first-order valence-electron chi connectivity index (χ1n) is 21.3. The third-order valence-corrected chi connectivity index (χ3v) is 15.4. The molecule has 18 heteroatoms. The number of anilines is 1. The second-order valence-corrected chi connectivity index (χ2v) is 20.3. The molecular weight excluding hydrogens is 845 g/mol. The minimum Gasteiger partial charge on any atom is -0.497 e. The number of aromatic nitrogens is 2. The first kappa shape index (κ1) is 45.3. The van der Waals surface area contributed by atoms with E-state index >= 15 is 0 Å². The molecule has 6 atom stereocenters. The largest absolute Gasteiger partial charge is 0.497 e. The van der Waals surface area contributed by atoms with Crippen LogP contribution in [0.25, 0.3) is 22.3 Å². The van der Waals surface area contributed by atoms with Crippen LogP contribution in [-0.4, -0.2) is 86.8 Å². The maximum atomic E-state index is 14.7. The fourth-order valence-corrected chi connectivity index (χ4v) is 12.0. The monoisotopic (exact) mass is 898 g/mol. The van der Waals surface area contributed by atoms with Crippen molar-refractivity contribution in [2.45, 2.75) is 126 Å². The number of fused-ring (bicyclic) bond motifs is 3. The SMILES string of the molecule is COc1ccc2c(O[C@@H]3C[C@H]4C(=O)N[C@]5(P(=O)(O)Cc6ccccc6)C[C@H]5CCCCCCC[C@H](NC(=O)CCC(F)(F)F)C(=O)N4C3)cc(-c3csc(NC(C)C)n3)nc2c1. The van der Waals surface area contributed by atoms with Crippen LogP contribution in [0.4, 0.5) is 18.3 Å². The molecule has 4 aromatic rings. The number of carbonyl (C=O) groups is 3. The first-order chi connectivity index (χ1) is 29.5. The molecule has 7 rings (SSSR count). The summed E-state index contributed by atoms with van der Waals surface area (Å²) in [6.07, 6.45) is -3.04. The van der Waals surface area contributed by atoms with Gasteiger partial charge in [-0.1, -0.05) is 62.4 Å². The summed E-state index contributed by atoms with van der Waals surface area (Å²) in [5.41, 5.74) is 2.31. The van der Waals surface area contributed by atoms with Crippen molar-refractivity contribution >= 4 is 52.5 Å². The van der Waals surface area contributed by atoms with Crippen LogP contribution in [0.5, 0.6) is 11.5 Å². The number of rotatable bonds is 12. The molecule has 2 aromatic carbocycles. The fraction of sp³-hybridized carbons (Fsp3) is 0.523. The zero-order valence-electron chi connectivity index (χ0n) is 35.1. The molecule has 1 saturated carbocycles. The Morgan fingerprint density at radius 1 is 1.05 bits per heavy atom. The second kappa shape index (κ2) is 18.9. The Kier molecular flexibility index (Phi) is 13.8. The molecule has 1 aliphatic carbocycles. The summed E-state index contributed by atoms with van der Waals surface area (Å²) >= 11 is 1.43. The molecule has 1 unspecified atom stereocenters. The number of nitrogens with one attached hydrogen (secondary N) is 3. The van der Waals surface area contributed by atoms with E-state index in [0.717, 1.165) is 19.3 Å². The zero-order chi connectivity index (χ0) is 44.2. The molecule has 0 spiro atoms. The maximum absolute atomic E-state index is 14.7. The van der Waals surface area contributed by atoms with Crippen molar-refractivity contribution in [2.24, 2.45) is 5.92 Å². The second-order valence-electron chi connectivity index (χ2n) is 16.9. The number of carbonyl (C=O) groups excluding carboxylic acids is 3. The number of benzene rings is 2. The van der Waals surface area contributed by atoms with Gasteiger partial charge in [0.05, 0.1) is 37.4 Å². The van der Waals surface area contributed by atoms with Crippen molar-refractivity contribution in [3.8, 4) is 22.9 Å². The predicted molar refractivity (Wildman–Crippen MR) is 231 cm³/mol. The van der Waals surface area contributed by atoms with Gasteiger partial charge in [0.1, 0.15) is 40.7 Å². The molecule has 3 fully saturated rings. The lowest BCUT2D eigenvalue weighted by molar-refractivity contribution is -0.146. The van der Waals surface area contributed by atoms with Crippen LogP contribution in [0.15, 0.2) is 60.0 Å². The molecule has 2 aliphatic heterocycles. The van der Waals surface area contributed by atoms with Gasteiger partial charge in [0.15, 0.2) is 5.13 Å². The van der Waals surface area contributed by atoms with E-state index in [1.807, 2.05) is 25.3 Å². The number of methoxy groups -OCH3 is 1. The van der Waals surface area contributed by atoms with Gasteiger partial charge in [0.25, 0.3) is 0 Å². The third-order valence-electron chi connectivity index (χ3n) is 11.9. The molecule has 3 aliphatic rings. The van der Waals surface area contributed by atoms with Crippen LogP contribution in [0.1, 0.15) is 90.0 Å². The summed E-state index contributed by atoms with van der Waals surface area (Å²) < 4.78 is 66.1. The molecule has 4 heterocycles. The van der Waals surface area contributed by atoms with Gasteiger partial charge in [-0.2, -0.15) is 13.2 Å². The van der Waals surface area contributed by atoms with Crippen LogP contribution >= 0.6 is 18.7 Å². The molecule has 62 heavy (non-hydrogen) atoms. The van der Waals surface area contributed by atoms with Gasteiger partial charge in [0.2, 0.25) is 25.1 Å². The minimum atomic E-state index is -4.57. The average molecular weight is 899 g/mol. The number of nitrogens with zero attached hydrogens (tertiary/aromatic N) is 3. The van der Waals surface area contributed by atoms with E-state index < -0.39 is 67.6 Å². The van der Waals surface area contributed by atoms with Crippen LogP contribution in [0, 0.1) is 5.92 Å². The number of hydrogen-bond donors (Lipinski definition) is 4. The normalized spacial score (nSPS) is 24.5. The van der Waals surface area contributed by atoms with Crippen LogP contribution < -0.4 is 25.4 Å². The van der Waals surface area contributed by atoms with Gasteiger partial charge in [-0.15, -0.1) is 11.3 Å². The number of alkyl halides is 3. The summed E-state index contributed by atoms with van der Waals surface area (Å²) in [5.74, 6) is -1.49. The van der Waals surface area contributed by atoms with E-state index in [1.54, 1.807) is 55.6 Å². The van der Waals surface area contributed by atoms with E-state index in [1.165, 1.54) is 16.2 Å². The van der Waals surface area contributed by atoms with E-state index in [-0.39, 0.29) is 37.5 Å². The van der Waals surface area contributed by atoms with Crippen molar-refractivity contribution in [2.75, 3.05) is 19.0 Å². The van der Waals surface area contributed by atoms with Gasteiger partial charge in [-0.05, 0) is 56.7 Å². The standard InChI is InChI=1S/C44H54F3N6O7PS/c1-27(2)48-42-51-36(26-62-42)35-22-38(32-17-16-30(59-3)20-34(32)49-35)60-31-21-37-40(55)52-43(61(57,58)25-28-12-8-7-9-13-28)23-29(43)14-10-5-4-6-11-15-33(41(56)53(37)24-31)50-39(54)18-19-44(45,46)47/h7-9,12-13,16-17,20,22,26-27,29,31,33,37H,4-6,10-11,14-15,18-19,21,23-25H2,1-3H3,(H,48,51)(H,50,54)(H,52,55)(H,57,58)/t29-,31-,33+,37+,43+/m1/s1. The number of halogens is 3. The summed E-state index contributed by atoms with van der Waals surface area (Å²) in [5, 5.41) is 10.7. The fourth-order valence-electron chi connectivity index (χ4n) is 8.63. The number of ether oxygens (including phenoxy) is 2. The number of thiazole rings is 1. The topological polar surface area (TPSA) is 172 Å². The van der Waals surface area contributed by atoms with Crippen molar-refractivity contribution in [3.63, 3.8) is 0 Å². The number of amides is 3. The van der Waals surface area contributed by atoms with Crippen LogP contribution in [0.3, 0.4) is 0 Å². The Morgan fingerprint density at radius 3 is 2.52 bits per heavy atom. The van der Waals surface area contributed by atoms with E-state index in [0.29, 0.717) is 70.2 Å². The molecule has 2 saturated heterocycles. The van der Waals surface area contributed by atoms with E-state index in [4.69, 9.17) is 19.4 Å². The van der Waals surface area contributed by atoms with Crippen LogP contribution in [-0.2, 0) is 25.1 Å². The predicted octanol–water partition coefficient (Wildman–Crippen LogP) is 8.41. The lowest BCUT2D eigenvalue weighted by Crippen LogP contribution is -2.55. The highest BCUT2D eigenvalue weighted by molar-refractivity contribution is 7.59. The maximum Gasteiger partial charge on any atom is 0.389 e. The van der Waals surface area contributed by atoms with Gasteiger partial charge in [-0.25, -0.2) is 9.97 Å². The van der Waals surface area contributed by atoms with Gasteiger partial charge in [0, 0.05) is 41.8 Å². The molecule has 334 valence electrons. The molecular formula is C44H54F3N6O7PS. The lowest BCUT2D eigenvalue weighted by Gasteiger charge is -2.31. The molecule has 4 N–H and O–H groups in total. The molecule has 0 bridgehead atoms. The summed E-state index contributed by atoms with van der Waals surface area (Å²) in [4.78, 5) is 65.1. The quantitative estimate of drug-likeness (QED) is 0.101. The van der Waals surface area contributed by atoms with Gasteiger partial charge >= 0.3 is 6.18 Å². The highest BCUT2D eigenvalue weighted by atomic mass is 32.1. The van der Waals surface area contributed by atoms with Crippen LogP contribution in [0.2, 0.25) is 0 Å². The Morgan fingerprint density at radius 2 is 1.79 bits per heavy atom. The Hall–Kier alpha value is -4.73. The van der Waals surface area contributed by atoms with Gasteiger partial charge in [-0.3, -0.25) is 18.9 Å². The van der Waals surface area contributed by atoms with Crippen molar-refractivity contribution in [3.05, 3.63) is 65.5 Å². The molecule has 2 aromatic heterocycles. The Balaban J connectivity index is 1.23. The Bertz CT molecular complexity index is 2300. The third kappa shape index (κ3) is 10.7. The average Bonchev–Trinajstić information content (AvgIpc) is 3.49. The number of pyridine rings is 1. The lowest BCUT2D eigenvalue weighted by atomic mass is 10.0. The van der Waals surface area contributed by atoms with Crippen molar-refractivity contribution in [1.29, 1.82) is 0 Å². The summed E-state index contributed by atoms with van der Waals surface area (Å²) in [6, 6.07) is 13.8. The van der Waals surface area contributed by atoms with Gasteiger partial charge < -0.3 is 35.2 Å². The van der Waals surface area contributed by atoms with E-state index in [9.17, 15) is 37.0 Å². The van der Waals surface area contributed by atoms with E-state index in [2.05, 4.69) is 16.0 Å². The molecule has 13 nitrogen and oxygen atoms in total. The first-order valence-corrected chi connectivity index (χ1v) is 24.0. The van der Waals surface area contributed by atoms with Crippen molar-refractivity contribution in [1.82, 2.24) is 25.5 Å². The molecule has 0 radical (unpaired) electrons. The van der Waals surface area contributed by atoms with Crippen molar-refractivity contribution < 1.29 is 46.5 Å².